The molecule has 0 aromatic carbocycles. The molecule has 90 valence electrons. The smallest absolute Gasteiger partial charge is 0.0164 e. The summed E-state index contributed by atoms with van der Waals surface area (Å²) in [4.78, 5) is 0. The van der Waals surface area contributed by atoms with E-state index in [1.807, 2.05) is 0 Å². The van der Waals surface area contributed by atoms with Gasteiger partial charge in [0.05, 0.1) is 0 Å². The van der Waals surface area contributed by atoms with Crippen LogP contribution in [0.1, 0.15) is 74.1 Å². The summed E-state index contributed by atoms with van der Waals surface area (Å²) < 4.78 is 0. The van der Waals surface area contributed by atoms with Gasteiger partial charge >= 0.3 is 0 Å². The minimum Gasteiger partial charge on any atom is -0.0654 e. The minimum atomic E-state index is 0.505. The summed E-state index contributed by atoms with van der Waals surface area (Å²) in [5.41, 5.74) is 1.68. The van der Waals surface area contributed by atoms with Gasteiger partial charge in [0.2, 0.25) is 0 Å². The van der Waals surface area contributed by atoms with Crippen molar-refractivity contribution in [2.24, 2.45) is 22.2 Å². The van der Waals surface area contributed by atoms with Crippen LogP contribution in [-0.2, 0) is 0 Å². The molecular formula is C15H30. The van der Waals surface area contributed by atoms with Gasteiger partial charge in [0, 0.05) is 0 Å². The summed E-state index contributed by atoms with van der Waals surface area (Å²) in [6.45, 7) is 17.1. The number of rotatable bonds is 5. The summed E-state index contributed by atoms with van der Waals surface area (Å²) in [5.74, 6) is 0.882. The molecule has 0 aliphatic heterocycles. The third kappa shape index (κ3) is 1.74. The fourth-order valence-corrected chi connectivity index (χ4v) is 4.31. The first-order valence-corrected chi connectivity index (χ1v) is 6.75. The van der Waals surface area contributed by atoms with Gasteiger partial charge in [-0.25, -0.2) is 0 Å². The van der Waals surface area contributed by atoms with Gasteiger partial charge in [-0.2, -0.15) is 0 Å². The molecule has 1 saturated carbocycles. The van der Waals surface area contributed by atoms with E-state index >= 15 is 0 Å². The van der Waals surface area contributed by atoms with Crippen LogP contribution < -0.4 is 0 Å². The molecule has 1 rings (SSSR count). The van der Waals surface area contributed by atoms with E-state index in [0.717, 1.165) is 5.92 Å². The first-order chi connectivity index (χ1) is 6.75. The van der Waals surface area contributed by atoms with Crippen LogP contribution in [0.15, 0.2) is 0 Å². The van der Waals surface area contributed by atoms with E-state index in [4.69, 9.17) is 0 Å². The third-order valence-electron chi connectivity index (χ3n) is 5.46. The Morgan fingerprint density at radius 3 is 1.93 bits per heavy atom. The standard InChI is InChI=1S/C15H30/c1-8-10-12(3)15(11-14(15,6)7)13(4,5)9-2/h12H,8-11H2,1-7H3. The molecule has 0 heteroatoms. The van der Waals surface area contributed by atoms with Gasteiger partial charge in [0.15, 0.2) is 0 Å². The third-order valence-corrected chi connectivity index (χ3v) is 5.46. The lowest BCUT2D eigenvalue weighted by Crippen LogP contribution is -2.34. The van der Waals surface area contributed by atoms with Crippen LogP contribution >= 0.6 is 0 Å². The summed E-state index contributed by atoms with van der Waals surface area (Å²) >= 11 is 0. The first-order valence-electron chi connectivity index (χ1n) is 6.75. The predicted octanol–water partition coefficient (Wildman–Crippen LogP) is 5.28. The quantitative estimate of drug-likeness (QED) is 0.579. The maximum atomic E-state index is 2.48. The van der Waals surface area contributed by atoms with Crippen LogP contribution in [0, 0.1) is 22.2 Å². The lowest BCUT2D eigenvalue weighted by molar-refractivity contribution is 0.0696. The molecular weight excluding hydrogens is 180 g/mol. The molecule has 1 aliphatic carbocycles. The van der Waals surface area contributed by atoms with Crippen LogP contribution in [0.2, 0.25) is 0 Å². The van der Waals surface area contributed by atoms with Crippen molar-refractivity contribution in [3.05, 3.63) is 0 Å². The molecule has 0 radical (unpaired) electrons. The average Bonchev–Trinajstić information content (AvgIpc) is 2.72. The molecule has 0 heterocycles. The first kappa shape index (κ1) is 13.1. The second-order valence-electron chi connectivity index (χ2n) is 6.96. The Bertz CT molecular complexity index is 224. The van der Waals surface area contributed by atoms with Crippen LogP contribution in [0.4, 0.5) is 0 Å². The molecule has 0 bridgehead atoms. The Labute approximate surface area is 96.8 Å². The van der Waals surface area contributed by atoms with Gasteiger partial charge in [-0.3, -0.25) is 0 Å². The predicted molar refractivity (Wildman–Crippen MR) is 69.0 cm³/mol. The topological polar surface area (TPSA) is 0 Å². The molecule has 0 saturated heterocycles. The Morgan fingerprint density at radius 1 is 1.20 bits per heavy atom. The average molecular weight is 210 g/mol. The molecule has 0 amide bonds. The SMILES string of the molecule is CCCC(C)C1(C(C)(C)CC)CC1(C)C. The van der Waals surface area contributed by atoms with Crippen molar-refractivity contribution in [3.8, 4) is 0 Å². The van der Waals surface area contributed by atoms with Crippen molar-refractivity contribution in [3.63, 3.8) is 0 Å². The zero-order valence-corrected chi connectivity index (χ0v) is 11.9. The highest BCUT2D eigenvalue weighted by atomic mass is 14.7. The molecule has 1 aliphatic rings. The molecule has 0 nitrogen and oxygen atoms in total. The molecule has 15 heavy (non-hydrogen) atoms. The lowest BCUT2D eigenvalue weighted by atomic mass is 9.63. The second-order valence-corrected chi connectivity index (χ2v) is 6.96. The van der Waals surface area contributed by atoms with E-state index in [0.29, 0.717) is 16.2 Å². The summed E-state index contributed by atoms with van der Waals surface area (Å²) in [6.07, 6.45) is 5.47. The van der Waals surface area contributed by atoms with Crippen molar-refractivity contribution in [2.45, 2.75) is 74.1 Å². The summed E-state index contributed by atoms with van der Waals surface area (Å²) in [5, 5.41) is 0. The van der Waals surface area contributed by atoms with Crippen LogP contribution in [0.5, 0.6) is 0 Å². The Kier molecular flexibility index (Phi) is 3.30. The van der Waals surface area contributed by atoms with Gasteiger partial charge in [-0.1, -0.05) is 67.7 Å². The molecule has 0 aromatic heterocycles. The molecule has 1 fully saturated rings. The lowest BCUT2D eigenvalue weighted by Gasteiger charge is -2.42. The highest BCUT2D eigenvalue weighted by Gasteiger charge is 2.68. The van der Waals surface area contributed by atoms with E-state index < -0.39 is 0 Å². The number of hydrogen-bond donors (Lipinski definition) is 0. The van der Waals surface area contributed by atoms with Crippen molar-refractivity contribution in [1.29, 1.82) is 0 Å². The Hall–Kier alpha value is 0. The largest absolute Gasteiger partial charge is 0.0654 e. The summed E-state index contributed by atoms with van der Waals surface area (Å²) in [7, 11) is 0. The fraction of sp³-hybridized carbons (Fsp3) is 1.00. The van der Waals surface area contributed by atoms with Crippen LogP contribution in [0.3, 0.4) is 0 Å². The highest BCUT2D eigenvalue weighted by Crippen LogP contribution is 2.76. The van der Waals surface area contributed by atoms with Crippen LogP contribution in [-0.4, -0.2) is 0 Å². The van der Waals surface area contributed by atoms with Crippen LogP contribution in [0.25, 0.3) is 0 Å². The monoisotopic (exact) mass is 210 g/mol. The molecule has 0 N–H and O–H groups in total. The summed E-state index contributed by atoms with van der Waals surface area (Å²) in [6, 6.07) is 0. The van der Waals surface area contributed by atoms with E-state index in [2.05, 4.69) is 48.5 Å². The van der Waals surface area contributed by atoms with E-state index in [1.165, 1.54) is 25.7 Å². The Balaban J connectivity index is 2.93. The van der Waals surface area contributed by atoms with Crippen molar-refractivity contribution >= 4 is 0 Å². The zero-order chi connectivity index (χ0) is 11.9. The normalized spacial score (nSPS) is 31.4. The van der Waals surface area contributed by atoms with E-state index in [9.17, 15) is 0 Å². The zero-order valence-electron chi connectivity index (χ0n) is 11.9. The molecule has 2 unspecified atom stereocenters. The van der Waals surface area contributed by atoms with Gasteiger partial charge in [-0.15, -0.1) is 0 Å². The molecule has 2 atom stereocenters. The van der Waals surface area contributed by atoms with Gasteiger partial charge in [0.1, 0.15) is 0 Å². The maximum absolute atomic E-state index is 2.48. The molecule has 0 spiro atoms. The van der Waals surface area contributed by atoms with E-state index in [-0.39, 0.29) is 0 Å². The number of hydrogen-bond acceptors (Lipinski definition) is 0. The Morgan fingerprint density at radius 2 is 1.67 bits per heavy atom. The van der Waals surface area contributed by atoms with Crippen molar-refractivity contribution in [1.82, 2.24) is 0 Å². The fourth-order valence-electron chi connectivity index (χ4n) is 4.31. The van der Waals surface area contributed by atoms with E-state index in [1.54, 1.807) is 0 Å². The van der Waals surface area contributed by atoms with Gasteiger partial charge in [-0.05, 0) is 28.6 Å². The highest BCUT2D eigenvalue weighted by molar-refractivity contribution is 5.17. The van der Waals surface area contributed by atoms with Crippen molar-refractivity contribution < 1.29 is 0 Å². The van der Waals surface area contributed by atoms with Gasteiger partial charge < -0.3 is 0 Å². The minimum absolute atomic E-state index is 0.505. The van der Waals surface area contributed by atoms with Crippen molar-refractivity contribution in [2.75, 3.05) is 0 Å². The maximum Gasteiger partial charge on any atom is -0.0164 e. The second kappa shape index (κ2) is 3.79. The molecule has 0 aromatic rings. The van der Waals surface area contributed by atoms with Gasteiger partial charge in [0.25, 0.3) is 0 Å².